The molecule has 3 N–H and O–H groups in total. The lowest BCUT2D eigenvalue weighted by Crippen LogP contribution is -2.38. The molecule has 0 radical (unpaired) electrons. The van der Waals surface area contributed by atoms with Crippen molar-refractivity contribution in [3.8, 4) is 0 Å². The summed E-state index contributed by atoms with van der Waals surface area (Å²) in [4.78, 5) is 23.4. The molecule has 1 unspecified atom stereocenters. The second-order valence-electron chi connectivity index (χ2n) is 4.88. The summed E-state index contributed by atoms with van der Waals surface area (Å²) in [5, 5.41) is 2.87. The van der Waals surface area contributed by atoms with Crippen molar-refractivity contribution >= 4 is 17.6 Å². The van der Waals surface area contributed by atoms with E-state index in [1.54, 1.807) is 6.20 Å². The fraction of sp³-hybridized carbons (Fsp3) is 0.538. The fourth-order valence-corrected chi connectivity index (χ4v) is 1.56. The summed E-state index contributed by atoms with van der Waals surface area (Å²) in [7, 11) is 1.29. The zero-order valence-corrected chi connectivity index (χ0v) is 11.8. The SMILES string of the molecule is COC(=O)c1cc(N)cn1CC(=O)NC(C)C(C)C. The number of amides is 1. The normalized spacial score (nSPS) is 12.3. The van der Waals surface area contributed by atoms with Crippen molar-refractivity contribution in [2.75, 3.05) is 12.8 Å². The third-order valence-electron chi connectivity index (χ3n) is 3.01. The molecule has 19 heavy (non-hydrogen) atoms. The van der Waals surface area contributed by atoms with Gasteiger partial charge < -0.3 is 20.4 Å². The lowest BCUT2D eigenvalue weighted by Gasteiger charge is -2.18. The Balaban J connectivity index is 2.77. The number of nitrogens with zero attached hydrogens (tertiary/aromatic N) is 1. The highest BCUT2D eigenvalue weighted by Crippen LogP contribution is 2.11. The number of ether oxygens (including phenoxy) is 1. The van der Waals surface area contributed by atoms with Gasteiger partial charge in [0.2, 0.25) is 5.91 Å². The molecular formula is C13H21N3O3. The number of carbonyl (C=O) groups excluding carboxylic acids is 2. The zero-order valence-electron chi connectivity index (χ0n) is 11.8. The largest absolute Gasteiger partial charge is 0.464 e. The number of nitrogens with two attached hydrogens (primary N) is 1. The number of methoxy groups -OCH3 is 1. The lowest BCUT2D eigenvalue weighted by atomic mass is 10.1. The Morgan fingerprint density at radius 2 is 2.05 bits per heavy atom. The fourth-order valence-electron chi connectivity index (χ4n) is 1.56. The van der Waals surface area contributed by atoms with Gasteiger partial charge in [0, 0.05) is 12.2 Å². The van der Waals surface area contributed by atoms with Gasteiger partial charge in [-0.1, -0.05) is 13.8 Å². The van der Waals surface area contributed by atoms with Crippen LogP contribution in [0.2, 0.25) is 0 Å². The first kappa shape index (κ1) is 15.1. The minimum Gasteiger partial charge on any atom is -0.464 e. The monoisotopic (exact) mass is 267 g/mol. The molecule has 1 heterocycles. The van der Waals surface area contributed by atoms with E-state index in [2.05, 4.69) is 10.1 Å². The second-order valence-corrected chi connectivity index (χ2v) is 4.88. The van der Waals surface area contributed by atoms with Crippen LogP contribution in [0.5, 0.6) is 0 Å². The van der Waals surface area contributed by atoms with Crippen LogP contribution in [0.3, 0.4) is 0 Å². The predicted molar refractivity (Wildman–Crippen MR) is 72.6 cm³/mol. The first-order valence-corrected chi connectivity index (χ1v) is 6.18. The quantitative estimate of drug-likeness (QED) is 0.780. The summed E-state index contributed by atoms with van der Waals surface area (Å²) >= 11 is 0. The molecule has 0 saturated heterocycles. The molecule has 1 amide bonds. The van der Waals surface area contributed by atoms with Crippen LogP contribution in [0.1, 0.15) is 31.3 Å². The van der Waals surface area contributed by atoms with Crippen LogP contribution in [-0.4, -0.2) is 29.6 Å². The molecule has 0 bridgehead atoms. The molecule has 6 heteroatoms. The van der Waals surface area contributed by atoms with E-state index in [1.807, 2.05) is 20.8 Å². The van der Waals surface area contributed by atoms with Crippen LogP contribution in [0.15, 0.2) is 12.3 Å². The van der Waals surface area contributed by atoms with E-state index in [4.69, 9.17) is 5.73 Å². The molecule has 0 spiro atoms. The van der Waals surface area contributed by atoms with E-state index >= 15 is 0 Å². The molecule has 106 valence electrons. The minimum atomic E-state index is -0.513. The van der Waals surface area contributed by atoms with Crippen LogP contribution < -0.4 is 11.1 Å². The molecule has 0 aliphatic carbocycles. The van der Waals surface area contributed by atoms with Crippen LogP contribution in [0.4, 0.5) is 5.69 Å². The minimum absolute atomic E-state index is 0.0404. The molecule has 1 rings (SSSR count). The third kappa shape index (κ3) is 4.01. The van der Waals surface area contributed by atoms with E-state index in [0.717, 1.165) is 0 Å². The van der Waals surface area contributed by atoms with Gasteiger partial charge in [0.1, 0.15) is 12.2 Å². The van der Waals surface area contributed by atoms with Crippen LogP contribution in [-0.2, 0) is 16.1 Å². The molecule has 0 aromatic carbocycles. The van der Waals surface area contributed by atoms with Crippen LogP contribution >= 0.6 is 0 Å². The molecule has 0 aliphatic rings. The molecule has 6 nitrogen and oxygen atoms in total. The van der Waals surface area contributed by atoms with Gasteiger partial charge in [-0.05, 0) is 18.9 Å². The Kier molecular flexibility index (Phi) is 4.97. The maximum Gasteiger partial charge on any atom is 0.354 e. The standard InChI is InChI=1S/C13H21N3O3/c1-8(2)9(3)15-12(17)7-16-6-10(14)5-11(16)13(18)19-4/h5-6,8-9H,7,14H2,1-4H3,(H,15,17). The number of esters is 1. The van der Waals surface area contributed by atoms with Crippen LogP contribution in [0.25, 0.3) is 0 Å². The smallest absolute Gasteiger partial charge is 0.354 e. The number of rotatable bonds is 5. The van der Waals surface area contributed by atoms with Crippen LogP contribution in [0, 0.1) is 5.92 Å². The summed E-state index contributed by atoms with van der Waals surface area (Å²) < 4.78 is 6.13. The van der Waals surface area contributed by atoms with Gasteiger partial charge in [-0.3, -0.25) is 4.79 Å². The van der Waals surface area contributed by atoms with Crippen molar-refractivity contribution in [1.82, 2.24) is 9.88 Å². The Labute approximate surface area is 112 Å². The molecule has 0 saturated carbocycles. The van der Waals surface area contributed by atoms with Gasteiger partial charge in [-0.2, -0.15) is 0 Å². The Morgan fingerprint density at radius 1 is 1.42 bits per heavy atom. The molecule has 1 atom stereocenters. The molecule has 0 aliphatic heterocycles. The maximum absolute atomic E-state index is 11.9. The van der Waals surface area contributed by atoms with Gasteiger partial charge in [-0.15, -0.1) is 0 Å². The average molecular weight is 267 g/mol. The summed E-state index contributed by atoms with van der Waals surface area (Å²) in [6, 6.07) is 1.56. The van der Waals surface area contributed by atoms with E-state index < -0.39 is 5.97 Å². The number of nitrogens with one attached hydrogen (secondary N) is 1. The lowest BCUT2D eigenvalue weighted by molar-refractivity contribution is -0.122. The highest BCUT2D eigenvalue weighted by molar-refractivity contribution is 5.89. The highest BCUT2D eigenvalue weighted by Gasteiger charge is 2.17. The van der Waals surface area contributed by atoms with Crippen molar-refractivity contribution in [1.29, 1.82) is 0 Å². The highest BCUT2D eigenvalue weighted by atomic mass is 16.5. The predicted octanol–water partition coefficient (Wildman–Crippen LogP) is 1.02. The summed E-state index contributed by atoms with van der Waals surface area (Å²) in [6.45, 7) is 6.03. The average Bonchev–Trinajstić information content (AvgIpc) is 2.68. The molecule has 1 aromatic heterocycles. The van der Waals surface area contributed by atoms with Gasteiger partial charge in [-0.25, -0.2) is 4.79 Å². The molecule has 0 fully saturated rings. The summed E-state index contributed by atoms with van der Waals surface area (Å²) in [5.74, 6) is -0.331. The summed E-state index contributed by atoms with van der Waals surface area (Å²) in [6.07, 6.45) is 1.55. The number of nitrogen functional groups attached to an aromatic ring is 1. The van der Waals surface area contributed by atoms with Crippen molar-refractivity contribution < 1.29 is 14.3 Å². The van der Waals surface area contributed by atoms with Crippen molar-refractivity contribution in [2.45, 2.75) is 33.4 Å². The van der Waals surface area contributed by atoms with Gasteiger partial charge >= 0.3 is 5.97 Å². The number of aromatic nitrogens is 1. The van der Waals surface area contributed by atoms with Crippen molar-refractivity contribution in [3.05, 3.63) is 18.0 Å². The first-order valence-electron chi connectivity index (χ1n) is 6.18. The first-order chi connectivity index (χ1) is 8.85. The topological polar surface area (TPSA) is 86.3 Å². The Bertz CT molecular complexity index is 466. The van der Waals surface area contributed by atoms with E-state index in [1.165, 1.54) is 17.7 Å². The van der Waals surface area contributed by atoms with E-state index in [9.17, 15) is 9.59 Å². The van der Waals surface area contributed by atoms with Crippen molar-refractivity contribution in [3.63, 3.8) is 0 Å². The third-order valence-corrected chi connectivity index (χ3v) is 3.01. The van der Waals surface area contributed by atoms with E-state index in [-0.39, 0.29) is 24.2 Å². The zero-order chi connectivity index (χ0) is 14.6. The Morgan fingerprint density at radius 3 is 2.58 bits per heavy atom. The van der Waals surface area contributed by atoms with Gasteiger partial charge in [0.15, 0.2) is 0 Å². The number of hydrogen-bond donors (Lipinski definition) is 2. The number of carbonyl (C=O) groups is 2. The summed E-state index contributed by atoms with van der Waals surface area (Å²) in [5.41, 5.74) is 6.33. The second kappa shape index (κ2) is 6.26. The van der Waals surface area contributed by atoms with Crippen molar-refractivity contribution in [2.24, 2.45) is 5.92 Å². The Hall–Kier alpha value is -1.98. The number of anilines is 1. The molecule has 1 aromatic rings. The van der Waals surface area contributed by atoms with E-state index in [0.29, 0.717) is 11.6 Å². The maximum atomic E-state index is 11.9. The molecular weight excluding hydrogens is 246 g/mol. The van der Waals surface area contributed by atoms with Gasteiger partial charge in [0.05, 0.1) is 12.8 Å². The van der Waals surface area contributed by atoms with Gasteiger partial charge in [0.25, 0.3) is 0 Å². The number of hydrogen-bond acceptors (Lipinski definition) is 4.